The van der Waals surface area contributed by atoms with E-state index in [1.807, 2.05) is 26.8 Å². The highest BCUT2D eigenvalue weighted by Gasteiger charge is 2.06. The number of aromatic nitrogens is 3. The lowest BCUT2D eigenvalue weighted by atomic mass is 10.2. The van der Waals surface area contributed by atoms with E-state index >= 15 is 0 Å². The zero-order chi connectivity index (χ0) is 9.59. The first-order valence-corrected chi connectivity index (χ1v) is 4.18. The Morgan fingerprint density at radius 3 is 2.69 bits per heavy atom. The standard InChI is InChI=1S/C9H12N4/c1-5-4-8-11-9(10)7(3)13(8)12-6(5)2/h4H,10H2,1-3H3. The average molecular weight is 176 g/mol. The lowest BCUT2D eigenvalue weighted by Gasteiger charge is -2.00. The number of hydrogen-bond donors (Lipinski definition) is 1. The second kappa shape index (κ2) is 2.45. The van der Waals surface area contributed by atoms with Crippen LogP contribution in [0.2, 0.25) is 0 Å². The van der Waals surface area contributed by atoms with Gasteiger partial charge in [0.05, 0.1) is 11.4 Å². The number of fused-ring (bicyclic) bond motifs is 1. The molecule has 4 nitrogen and oxygen atoms in total. The van der Waals surface area contributed by atoms with Crippen LogP contribution in [0.3, 0.4) is 0 Å². The fourth-order valence-electron chi connectivity index (χ4n) is 1.28. The maximum absolute atomic E-state index is 5.68. The minimum absolute atomic E-state index is 0.553. The van der Waals surface area contributed by atoms with Gasteiger partial charge in [-0.3, -0.25) is 0 Å². The predicted molar refractivity (Wildman–Crippen MR) is 51.6 cm³/mol. The third-order valence-corrected chi connectivity index (χ3v) is 2.31. The average Bonchev–Trinajstić information content (AvgIpc) is 2.32. The fourth-order valence-corrected chi connectivity index (χ4v) is 1.28. The van der Waals surface area contributed by atoms with Gasteiger partial charge >= 0.3 is 0 Å². The van der Waals surface area contributed by atoms with Gasteiger partial charge in [0.2, 0.25) is 0 Å². The van der Waals surface area contributed by atoms with Gasteiger partial charge in [-0.15, -0.1) is 0 Å². The summed E-state index contributed by atoms with van der Waals surface area (Å²) in [4.78, 5) is 4.19. The van der Waals surface area contributed by atoms with E-state index in [9.17, 15) is 0 Å². The molecule has 0 radical (unpaired) electrons. The maximum atomic E-state index is 5.68. The van der Waals surface area contributed by atoms with Crippen LogP contribution >= 0.6 is 0 Å². The molecule has 0 atom stereocenters. The predicted octanol–water partition coefficient (Wildman–Crippen LogP) is 1.24. The molecule has 0 unspecified atom stereocenters. The first kappa shape index (κ1) is 8.04. The molecule has 68 valence electrons. The monoisotopic (exact) mass is 176 g/mol. The molecule has 13 heavy (non-hydrogen) atoms. The van der Waals surface area contributed by atoms with Gasteiger partial charge in [-0.25, -0.2) is 9.50 Å². The summed E-state index contributed by atoms with van der Waals surface area (Å²) in [6.45, 7) is 5.91. The van der Waals surface area contributed by atoms with Crippen molar-refractivity contribution in [3.8, 4) is 0 Å². The van der Waals surface area contributed by atoms with Crippen molar-refractivity contribution in [2.24, 2.45) is 0 Å². The fraction of sp³-hybridized carbons (Fsp3) is 0.333. The van der Waals surface area contributed by atoms with E-state index in [2.05, 4.69) is 10.1 Å². The molecule has 0 fully saturated rings. The Balaban J connectivity index is 2.89. The second-order valence-corrected chi connectivity index (χ2v) is 3.27. The van der Waals surface area contributed by atoms with Gasteiger partial charge in [-0.05, 0) is 32.4 Å². The van der Waals surface area contributed by atoms with Crippen molar-refractivity contribution < 1.29 is 0 Å². The number of aryl methyl sites for hydroxylation is 3. The van der Waals surface area contributed by atoms with Gasteiger partial charge in [0, 0.05) is 0 Å². The summed E-state index contributed by atoms with van der Waals surface area (Å²) < 4.78 is 1.78. The van der Waals surface area contributed by atoms with E-state index in [1.54, 1.807) is 4.52 Å². The summed E-state index contributed by atoms with van der Waals surface area (Å²) >= 11 is 0. The first-order valence-electron chi connectivity index (χ1n) is 4.18. The molecular formula is C9H12N4. The SMILES string of the molecule is Cc1cc2nc(N)c(C)n2nc1C. The summed E-state index contributed by atoms with van der Waals surface area (Å²) in [7, 11) is 0. The highest BCUT2D eigenvalue weighted by Crippen LogP contribution is 2.14. The molecular weight excluding hydrogens is 164 g/mol. The van der Waals surface area contributed by atoms with Crippen LogP contribution in [-0.4, -0.2) is 14.6 Å². The van der Waals surface area contributed by atoms with Gasteiger partial charge in [0.15, 0.2) is 5.65 Å². The molecule has 0 aliphatic heterocycles. The number of imidazole rings is 1. The molecule has 0 aliphatic carbocycles. The number of rotatable bonds is 0. The molecule has 2 aromatic rings. The minimum Gasteiger partial charge on any atom is -0.382 e. The van der Waals surface area contributed by atoms with E-state index in [0.29, 0.717) is 5.82 Å². The van der Waals surface area contributed by atoms with Crippen LogP contribution in [0.4, 0.5) is 5.82 Å². The van der Waals surface area contributed by atoms with Crippen molar-refractivity contribution in [2.45, 2.75) is 20.8 Å². The zero-order valence-electron chi connectivity index (χ0n) is 8.00. The summed E-state index contributed by atoms with van der Waals surface area (Å²) in [6.07, 6.45) is 0. The van der Waals surface area contributed by atoms with E-state index in [4.69, 9.17) is 5.73 Å². The Labute approximate surface area is 76.4 Å². The van der Waals surface area contributed by atoms with Gasteiger partial charge in [-0.2, -0.15) is 5.10 Å². The smallest absolute Gasteiger partial charge is 0.156 e. The van der Waals surface area contributed by atoms with Crippen LogP contribution in [0.25, 0.3) is 5.65 Å². The molecule has 0 aromatic carbocycles. The van der Waals surface area contributed by atoms with Crippen molar-refractivity contribution in [1.82, 2.24) is 14.6 Å². The number of nitrogens with zero attached hydrogens (tertiary/aromatic N) is 3. The van der Waals surface area contributed by atoms with Crippen LogP contribution < -0.4 is 5.73 Å². The van der Waals surface area contributed by atoms with Crippen molar-refractivity contribution in [3.05, 3.63) is 23.0 Å². The topological polar surface area (TPSA) is 56.2 Å². The maximum Gasteiger partial charge on any atom is 0.156 e. The van der Waals surface area contributed by atoms with Crippen LogP contribution in [0, 0.1) is 20.8 Å². The Hall–Kier alpha value is -1.58. The second-order valence-electron chi connectivity index (χ2n) is 3.27. The highest BCUT2D eigenvalue weighted by atomic mass is 15.3. The lowest BCUT2D eigenvalue weighted by molar-refractivity contribution is 0.862. The van der Waals surface area contributed by atoms with Gasteiger partial charge in [-0.1, -0.05) is 0 Å². The van der Waals surface area contributed by atoms with E-state index < -0.39 is 0 Å². The summed E-state index contributed by atoms with van der Waals surface area (Å²) in [5, 5.41) is 4.37. The van der Waals surface area contributed by atoms with Crippen molar-refractivity contribution >= 4 is 11.5 Å². The number of nitrogen functional groups attached to an aromatic ring is 1. The zero-order valence-corrected chi connectivity index (χ0v) is 8.00. The summed E-state index contributed by atoms with van der Waals surface area (Å²) in [5.41, 5.74) is 9.54. The molecule has 0 bridgehead atoms. The molecule has 2 rings (SSSR count). The molecule has 2 N–H and O–H groups in total. The Kier molecular flexibility index (Phi) is 1.52. The minimum atomic E-state index is 0.553. The van der Waals surface area contributed by atoms with Crippen molar-refractivity contribution in [3.63, 3.8) is 0 Å². The van der Waals surface area contributed by atoms with Crippen molar-refractivity contribution in [1.29, 1.82) is 0 Å². The number of hydrogen-bond acceptors (Lipinski definition) is 3. The summed E-state index contributed by atoms with van der Waals surface area (Å²) in [5.74, 6) is 0.553. The highest BCUT2D eigenvalue weighted by molar-refractivity contribution is 5.51. The molecule has 0 saturated heterocycles. The van der Waals surface area contributed by atoms with Gasteiger partial charge in [0.25, 0.3) is 0 Å². The van der Waals surface area contributed by atoms with E-state index in [-0.39, 0.29) is 0 Å². The largest absolute Gasteiger partial charge is 0.382 e. The van der Waals surface area contributed by atoms with E-state index in [1.165, 1.54) is 0 Å². The van der Waals surface area contributed by atoms with Crippen LogP contribution in [-0.2, 0) is 0 Å². The molecule has 0 saturated carbocycles. The number of nitrogens with two attached hydrogens (primary N) is 1. The molecule has 2 heterocycles. The Bertz CT molecular complexity index is 470. The third kappa shape index (κ3) is 1.06. The van der Waals surface area contributed by atoms with Crippen LogP contribution in [0.15, 0.2) is 6.07 Å². The first-order chi connectivity index (χ1) is 6.09. The Morgan fingerprint density at radius 2 is 2.00 bits per heavy atom. The molecule has 0 aliphatic rings. The molecule has 4 heteroatoms. The Morgan fingerprint density at radius 1 is 1.31 bits per heavy atom. The van der Waals surface area contributed by atoms with Gasteiger partial charge < -0.3 is 5.73 Å². The number of anilines is 1. The van der Waals surface area contributed by atoms with E-state index in [0.717, 1.165) is 22.6 Å². The quantitative estimate of drug-likeness (QED) is 0.657. The lowest BCUT2D eigenvalue weighted by Crippen LogP contribution is -1.98. The molecule has 0 spiro atoms. The third-order valence-electron chi connectivity index (χ3n) is 2.31. The van der Waals surface area contributed by atoms with Crippen LogP contribution in [0.1, 0.15) is 17.0 Å². The van der Waals surface area contributed by atoms with Crippen LogP contribution in [0.5, 0.6) is 0 Å². The molecule has 2 aromatic heterocycles. The molecule has 0 amide bonds. The van der Waals surface area contributed by atoms with Gasteiger partial charge in [0.1, 0.15) is 5.82 Å². The summed E-state index contributed by atoms with van der Waals surface area (Å²) in [6, 6.07) is 1.99. The normalized spacial score (nSPS) is 11.0. The van der Waals surface area contributed by atoms with Crippen molar-refractivity contribution in [2.75, 3.05) is 5.73 Å².